The number of carbonyl (C=O) groups is 4. The largest absolute Gasteiger partial charge is 0.459 e. The van der Waals surface area contributed by atoms with Crippen molar-refractivity contribution >= 4 is 23.9 Å². The molecule has 0 heterocycles. The van der Waals surface area contributed by atoms with Crippen LogP contribution in [0.15, 0.2) is 18.2 Å². The minimum Gasteiger partial charge on any atom is -0.459 e. The van der Waals surface area contributed by atoms with Gasteiger partial charge in [0.2, 0.25) is 0 Å². The van der Waals surface area contributed by atoms with Gasteiger partial charge in [-0.05, 0) is 43.9 Å². The molecule has 0 bridgehead atoms. The van der Waals surface area contributed by atoms with Gasteiger partial charge in [0.05, 0.1) is 0 Å². The molecule has 9 heteroatoms. The summed E-state index contributed by atoms with van der Waals surface area (Å²) in [6.07, 6.45) is -0.653. The molecule has 1 aromatic carbocycles. The second kappa shape index (κ2) is 13.6. The van der Waals surface area contributed by atoms with E-state index in [1.54, 1.807) is 33.8 Å². The number of hydrogen-bond acceptors (Lipinski definition) is 9. The van der Waals surface area contributed by atoms with E-state index >= 15 is 0 Å². The van der Waals surface area contributed by atoms with E-state index in [2.05, 4.69) is 0 Å². The van der Waals surface area contributed by atoms with E-state index in [1.165, 1.54) is 12.1 Å². The Hall–Kier alpha value is -2.94. The Kier molecular flexibility index (Phi) is 11.6. The van der Waals surface area contributed by atoms with Crippen LogP contribution in [0, 0.1) is 5.92 Å². The molecule has 0 aliphatic heterocycles. The summed E-state index contributed by atoms with van der Waals surface area (Å²) < 4.78 is 21.1. The highest BCUT2D eigenvalue weighted by atomic mass is 16.6. The Morgan fingerprint density at radius 3 is 1.91 bits per heavy atom. The van der Waals surface area contributed by atoms with E-state index in [-0.39, 0.29) is 49.1 Å². The van der Waals surface area contributed by atoms with Gasteiger partial charge in [-0.15, -0.1) is 0 Å². The molecular weight excluding hydrogens is 430 g/mol. The predicted molar refractivity (Wildman–Crippen MR) is 121 cm³/mol. The van der Waals surface area contributed by atoms with Crippen molar-refractivity contribution in [1.82, 2.24) is 0 Å². The Morgan fingerprint density at radius 2 is 1.36 bits per heavy atom. The van der Waals surface area contributed by atoms with Crippen molar-refractivity contribution in [2.75, 3.05) is 0 Å². The zero-order chi connectivity index (χ0) is 25.1. The molecular formula is C24H35NO8. The number of ether oxygens (including phenoxy) is 4. The molecule has 0 spiro atoms. The van der Waals surface area contributed by atoms with Gasteiger partial charge < -0.3 is 24.7 Å². The van der Waals surface area contributed by atoms with Crippen molar-refractivity contribution in [3.63, 3.8) is 0 Å². The number of rotatable bonds is 12. The quantitative estimate of drug-likeness (QED) is 0.365. The van der Waals surface area contributed by atoms with E-state index < -0.39 is 36.2 Å². The number of esters is 4. The molecule has 2 N–H and O–H groups in total. The predicted octanol–water partition coefficient (Wildman–Crippen LogP) is 3.10. The molecule has 1 rings (SSSR count). The van der Waals surface area contributed by atoms with Gasteiger partial charge in [-0.2, -0.15) is 0 Å². The fraction of sp³-hybridized carbons (Fsp3) is 0.583. The Balaban J connectivity index is 2.81. The van der Waals surface area contributed by atoms with Crippen molar-refractivity contribution in [1.29, 1.82) is 0 Å². The first-order chi connectivity index (χ1) is 15.5. The van der Waals surface area contributed by atoms with Crippen molar-refractivity contribution in [2.45, 2.75) is 85.5 Å². The zero-order valence-electron chi connectivity index (χ0n) is 20.2. The minimum atomic E-state index is -1.01. The summed E-state index contributed by atoms with van der Waals surface area (Å²) in [4.78, 5) is 47.7. The van der Waals surface area contributed by atoms with Crippen LogP contribution in [0.25, 0.3) is 0 Å². The van der Waals surface area contributed by atoms with Crippen LogP contribution < -0.4 is 15.2 Å². The standard InChI is InChI=1S/C24H35NO8/c1-7-21(26)32-19-10-9-17(13-20(19)33-22(27)8-2)12-18(25)24(29)31-16(6)15(5)30-23(28)11-14(3)4/h9-10,13-16,18H,7-8,11-12,25H2,1-6H3/t15?,16-,18-/m0/s1. The fourth-order valence-electron chi connectivity index (χ4n) is 2.62. The molecule has 0 saturated heterocycles. The Morgan fingerprint density at radius 1 is 0.818 bits per heavy atom. The SMILES string of the molecule is CCC(=O)Oc1ccc(C[C@H](N)C(=O)O[C@@H](C)C(C)OC(=O)CC(C)C)cc1OC(=O)CC. The van der Waals surface area contributed by atoms with Gasteiger partial charge in [-0.25, -0.2) is 0 Å². The molecule has 33 heavy (non-hydrogen) atoms. The molecule has 3 atom stereocenters. The monoisotopic (exact) mass is 465 g/mol. The van der Waals surface area contributed by atoms with E-state index in [0.29, 0.717) is 5.56 Å². The molecule has 184 valence electrons. The van der Waals surface area contributed by atoms with Crippen LogP contribution in [0.4, 0.5) is 0 Å². The number of carbonyl (C=O) groups excluding carboxylic acids is 4. The first-order valence-corrected chi connectivity index (χ1v) is 11.2. The number of hydrogen-bond donors (Lipinski definition) is 1. The lowest BCUT2D eigenvalue weighted by molar-refractivity contribution is -0.166. The maximum Gasteiger partial charge on any atom is 0.323 e. The van der Waals surface area contributed by atoms with Gasteiger partial charge in [0.25, 0.3) is 0 Å². The van der Waals surface area contributed by atoms with Gasteiger partial charge in [0, 0.05) is 19.3 Å². The first-order valence-electron chi connectivity index (χ1n) is 11.2. The molecule has 0 saturated carbocycles. The molecule has 0 amide bonds. The molecule has 9 nitrogen and oxygen atoms in total. The summed E-state index contributed by atoms with van der Waals surface area (Å²) in [5, 5.41) is 0. The second-order valence-electron chi connectivity index (χ2n) is 8.18. The van der Waals surface area contributed by atoms with Crippen LogP contribution >= 0.6 is 0 Å². The molecule has 1 unspecified atom stereocenters. The average molecular weight is 466 g/mol. The zero-order valence-corrected chi connectivity index (χ0v) is 20.2. The van der Waals surface area contributed by atoms with Gasteiger partial charge in [-0.1, -0.05) is 33.8 Å². The van der Waals surface area contributed by atoms with Crippen molar-refractivity contribution in [3.8, 4) is 11.5 Å². The highest BCUT2D eigenvalue weighted by molar-refractivity contribution is 5.77. The van der Waals surface area contributed by atoms with Crippen molar-refractivity contribution in [2.24, 2.45) is 11.7 Å². The third-order valence-corrected chi connectivity index (χ3v) is 4.65. The van der Waals surface area contributed by atoms with E-state index in [4.69, 9.17) is 24.7 Å². The first kappa shape index (κ1) is 28.1. The minimum absolute atomic E-state index is 0.0702. The van der Waals surface area contributed by atoms with Crippen LogP contribution in [-0.2, 0) is 35.1 Å². The molecule has 0 fully saturated rings. The third-order valence-electron chi connectivity index (χ3n) is 4.65. The number of benzene rings is 1. The summed E-state index contributed by atoms with van der Waals surface area (Å²) in [6.45, 7) is 10.4. The second-order valence-corrected chi connectivity index (χ2v) is 8.18. The topological polar surface area (TPSA) is 131 Å². The van der Waals surface area contributed by atoms with Crippen LogP contribution in [0.5, 0.6) is 11.5 Å². The Bertz CT molecular complexity index is 836. The highest BCUT2D eigenvalue weighted by Gasteiger charge is 2.25. The average Bonchev–Trinajstić information content (AvgIpc) is 2.74. The highest BCUT2D eigenvalue weighted by Crippen LogP contribution is 2.30. The summed E-state index contributed by atoms with van der Waals surface area (Å²) >= 11 is 0. The summed E-state index contributed by atoms with van der Waals surface area (Å²) in [5.41, 5.74) is 6.59. The lowest BCUT2D eigenvalue weighted by Gasteiger charge is -2.23. The lowest BCUT2D eigenvalue weighted by Crippen LogP contribution is -2.39. The fourth-order valence-corrected chi connectivity index (χ4v) is 2.62. The van der Waals surface area contributed by atoms with Crippen LogP contribution in [0.3, 0.4) is 0 Å². The van der Waals surface area contributed by atoms with Gasteiger partial charge >= 0.3 is 23.9 Å². The van der Waals surface area contributed by atoms with Crippen LogP contribution in [0.1, 0.15) is 66.4 Å². The molecule has 0 radical (unpaired) electrons. The van der Waals surface area contributed by atoms with Crippen molar-refractivity contribution in [3.05, 3.63) is 23.8 Å². The van der Waals surface area contributed by atoms with E-state index in [9.17, 15) is 19.2 Å². The summed E-state index contributed by atoms with van der Waals surface area (Å²) in [7, 11) is 0. The summed E-state index contributed by atoms with van der Waals surface area (Å²) in [6, 6.07) is 3.59. The molecule has 0 aliphatic rings. The van der Waals surface area contributed by atoms with Crippen LogP contribution in [-0.4, -0.2) is 42.1 Å². The number of nitrogens with two attached hydrogens (primary N) is 1. The van der Waals surface area contributed by atoms with Gasteiger partial charge in [0.1, 0.15) is 18.2 Å². The lowest BCUT2D eigenvalue weighted by atomic mass is 10.1. The third kappa shape index (κ3) is 10.0. The van der Waals surface area contributed by atoms with E-state index in [0.717, 1.165) is 0 Å². The van der Waals surface area contributed by atoms with Gasteiger partial charge in [0.15, 0.2) is 11.5 Å². The maximum atomic E-state index is 12.4. The summed E-state index contributed by atoms with van der Waals surface area (Å²) in [5.74, 6) is -1.66. The smallest absolute Gasteiger partial charge is 0.323 e. The maximum absolute atomic E-state index is 12.4. The van der Waals surface area contributed by atoms with Gasteiger partial charge in [-0.3, -0.25) is 19.2 Å². The molecule has 0 aliphatic carbocycles. The Labute approximate surface area is 194 Å². The van der Waals surface area contributed by atoms with E-state index in [1.807, 2.05) is 13.8 Å². The van der Waals surface area contributed by atoms with Crippen molar-refractivity contribution < 1.29 is 38.1 Å². The normalized spacial score (nSPS) is 13.6. The van der Waals surface area contributed by atoms with Crippen LogP contribution in [0.2, 0.25) is 0 Å². The molecule has 0 aromatic heterocycles. The molecule has 1 aromatic rings.